The third-order valence-electron chi connectivity index (χ3n) is 5.58. The maximum absolute atomic E-state index is 12.9. The van der Waals surface area contributed by atoms with Crippen molar-refractivity contribution in [3.8, 4) is 0 Å². The summed E-state index contributed by atoms with van der Waals surface area (Å²) < 4.78 is 12.5. The number of carbonyl (C=O) groups is 1. The summed E-state index contributed by atoms with van der Waals surface area (Å²) in [4.78, 5) is 14.8. The summed E-state index contributed by atoms with van der Waals surface area (Å²) in [6, 6.07) is 0.0385. The Morgan fingerprint density at radius 1 is 1.24 bits per heavy atom. The largest absolute Gasteiger partial charge is 0.411 e. The van der Waals surface area contributed by atoms with Gasteiger partial charge in [-0.15, -0.1) is 0 Å². The van der Waals surface area contributed by atoms with Gasteiger partial charge in [-0.05, 0) is 45.8 Å². The van der Waals surface area contributed by atoms with Crippen molar-refractivity contribution in [2.75, 3.05) is 6.61 Å². The molecule has 4 nitrogen and oxygen atoms in total. The Balaban J connectivity index is 2.34. The Hall–Kier alpha value is -0.393. The highest BCUT2D eigenvalue weighted by Gasteiger charge is 2.63. The first-order valence-electron chi connectivity index (χ1n) is 7.87. The number of ether oxygens (including phenoxy) is 1. The van der Waals surface area contributed by atoms with Gasteiger partial charge in [-0.25, -0.2) is 0 Å². The number of fused-ring (bicyclic) bond motifs is 1. The minimum Gasteiger partial charge on any atom is -0.411 e. The summed E-state index contributed by atoms with van der Waals surface area (Å²) in [7, 11) is -1.93. The zero-order valence-electron chi connectivity index (χ0n) is 15.0. The standard InChI is InChI=1S/C16H31NO3Si/c1-14(2,3)21(8,9)20-12-11-10-19-16(6,7)17(11)13(18)15(12,4)5/h11-12H,10H2,1-9H3. The molecule has 0 radical (unpaired) electrons. The van der Waals surface area contributed by atoms with Gasteiger partial charge in [-0.2, -0.15) is 0 Å². The van der Waals surface area contributed by atoms with Crippen molar-refractivity contribution in [3.63, 3.8) is 0 Å². The van der Waals surface area contributed by atoms with E-state index >= 15 is 0 Å². The number of hydrogen-bond acceptors (Lipinski definition) is 3. The van der Waals surface area contributed by atoms with Gasteiger partial charge in [0.05, 0.1) is 24.2 Å². The lowest BCUT2D eigenvalue weighted by molar-refractivity contribution is -0.149. The summed E-state index contributed by atoms with van der Waals surface area (Å²) in [6.45, 7) is 19.7. The average Bonchev–Trinajstić information content (AvgIpc) is 2.67. The monoisotopic (exact) mass is 313 g/mol. The van der Waals surface area contributed by atoms with Crippen molar-refractivity contribution in [1.29, 1.82) is 0 Å². The van der Waals surface area contributed by atoms with Gasteiger partial charge in [0.25, 0.3) is 0 Å². The summed E-state index contributed by atoms with van der Waals surface area (Å²) in [5.41, 5.74) is -1.01. The first-order valence-corrected chi connectivity index (χ1v) is 10.8. The molecule has 2 rings (SSSR count). The molecular weight excluding hydrogens is 282 g/mol. The summed E-state index contributed by atoms with van der Waals surface area (Å²) in [5, 5.41) is 0.133. The normalized spacial score (nSPS) is 31.7. The van der Waals surface area contributed by atoms with E-state index in [0.29, 0.717) is 6.61 Å². The Labute approximate surface area is 130 Å². The van der Waals surface area contributed by atoms with Crippen LogP contribution in [0.1, 0.15) is 48.5 Å². The molecule has 0 N–H and O–H groups in total. The van der Waals surface area contributed by atoms with Crippen molar-refractivity contribution < 1.29 is 14.0 Å². The van der Waals surface area contributed by atoms with Crippen molar-refractivity contribution in [2.45, 2.75) is 84.5 Å². The maximum atomic E-state index is 12.9. The van der Waals surface area contributed by atoms with E-state index in [4.69, 9.17) is 9.16 Å². The zero-order chi connectivity index (χ0) is 16.4. The fourth-order valence-corrected chi connectivity index (χ4v) is 4.52. The van der Waals surface area contributed by atoms with E-state index in [1.807, 2.05) is 32.6 Å². The van der Waals surface area contributed by atoms with Crippen LogP contribution in [0.5, 0.6) is 0 Å². The minimum absolute atomic E-state index is 0.0385. The van der Waals surface area contributed by atoms with E-state index in [2.05, 4.69) is 33.9 Å². The second kappa shape index (κ2) is 4.55. The first kappa shape index (κ1) is 17.0. The van der Waals surface area contributed by atoms with Gasteiger partial charge in [0.15, 0.2) is 8.32 Å². The molecule has 0 spiro atoms. The molecule has 2 heterocycles. The van der Waals surface area contributed by atoms with Crippen molar-refractivity contribution in [2.24, 2.45) is 5.41 Å². The molecule has 2 atom stereocenters. The maximum Gasteiger partial charge on any atom is 0.233 e. The van der Waals surface area contributed by atoms with E-state index in [1.165, 1.54) is 0 Å². The summed E-state index contributed by atoms with van der Waals surface area (Å²) >= 11 is 0. The van der Waals surface area contributed by atoms with E-state index < -0.39 is 19.5 Å². The van der Waals surface area contributed by atoms with Crippen LogP contribution in [0.3, 0.4) is 0 Å². The Morgan fingerprint density at radius 3 is 2.24 bits per heavy atom. The predicted molar refractivity (Wildman–Crippen MR) is 86.5 cm³/mol. The smallest absolute Gasteiger partial charge is 0.233 e. The third-order valence-corrected chi connectivity index (χ3v) is 10.0. The number of carbonyl (C=O) groups excluding carboxylic acids is 1. The molecule has 122 valence electrons. The van der Waals surface area contributed by atoms with Crippen LogP contribution >= 0.6 is 0 Å². The summed E-state index contributed by atoms with van der Waals surface area (Å²) in [5.74, 6) is 0.152. The van der Waals surface area contributed by atoms with Gasteiger partial charge < -0.3 is 14.1 Å². The van der Waals surface area contributed by atoms with Gasteiger partial charge in [-0.3, -0.25) is 4.79 Å². The minimum atomic E-state index is -1.93. The SMILES string of the molecule is CC1(C)C(=O)N2C(COC2(C)C)C1O[Si](C)(C)C(C)(C)C. The zero-order valence-corrected chi connectivity index (χ0v) is 16.0. The molecule has 0 aliphatic carbocycles. The van der Waals surface area contributed by atoms with Gasteiger partial charge in [-0.1, -0.05) is 20.8 Å². The Morgan fingerprint density at radius 2 is 1.76 bits per heavy atom. The molecule has 0 saturated carbocycles. The molecule has 0 aromatic carbocycles. The second-order valence-corrected chi connectivity index (χ2v) is 13.8. The molecule has 0 aromatic rings. The number of rotatable bonds is 2. The highest BCUT2D eigenvalue weighted by molar-refractivity contribution is 6.74. The van der Waals surface area contributed by atoms with Crippen molar-refractivity contribution in [1.82, 2.24) is 4.90 Å². The van der Waals surface area contributed by atoms with E-state index in [1.54, 1.807) is 0 Å². The molecule has 2 saturated heterocycles. The van der Waals surface area contributed by atoms with E-state index in [-0.39, 0.29) is 23.1 Å². The average molecular weight is 314 g/mol. The lowest BCUT2D eigenvalue weighted by Gasteiger charge is -2.41. The number of nitrogens with zero attached hydrogens (tertiary/aromatic N) is 1. The lowest BCUT2D eigenvalue weighted by atomic mass is 9.87. The molecular formula is C16H31NO3Si. The third kappa shape index (κ3) is 2.47. The molecule has 21 heavy (non-hydrogen) atoms. The van der Waals surface area contributed by atoms with Crippen LogP contribution in [-0.4, -0.2) is 43.6 Å². The fraction of sp³-hybridized carbons (Fsp3) is 0.938. The molecule has 1 amide bonds. The molecule has 2 fully saturated rings. The molecule has 5 heteroatoms. The number of hydrogen-bond donors (Lipinski definition) is 0. The topological polar surface area (TPSA) is 38.8 Å². The molecule has 0 aromatic heterocycles. The second-order valence-electron chi connectivity index (χ2n) is 9.02. The van der Waals surface area contributed by atoms with Crippen LogP contribution in [0.25, 0.3) is 0 Å². The highest BCUT2D eigenvalue weighted by atomic mass is 28.4. The Bertz CT molecular complexity index is 451. The van der Waals surface area contributed by atoms with E-state index in [0.717, 1.165) is 0 Å². The van der Waals surface area contributed by atoms with Gasteiger partial charge in [0.2, 0.25) is 5.91 Å². The van der Waals surface area contributed by atoms with Crippen LogP contribution in [-0.2, 0) is 14.0 Å². The highest BCUT2D eigenvalue weighted by Crippen LogP contribution is 2.48. The van der Waals surface area contributed by atoms with Crippen LogP contribution in [0.4, 0.5) is 0 Å². The molecule has 2 aliphatic heterocycles. The van der Waals surface area contributed by atoms with Crippen molar-refractivity contribution in [3.05, 3.63) is 0 Å². The lowest BCUT2D eigenvalue weighted by Crippen LogP contribution is -2.50. The quantitative estimate of drug-likeness (QED) is 0.734. The van der Waals surface area contributed by atoms with Crippen molar-refractivity contribution >= 4 is 14.2 Å². The van der Waals surface area contributed by atoms with Gasteiger partial charge >= 0.3 is 0 Å². The van der Waals surface area contributed by atoms with E-state index in [9.17, 15) is 4.79 Å². The van der Waals surface area contributed by atoms with Crippen LogP contribution < -0.4 is 0 Å². The predicted octanol–water partition coefficient (Wildman–Crippen LogP) is 3.38. The van der Waals surface area contributed by atoms with Crippen LogP contribution in [0, 0.1) is 5.41 Å². The summed E-state index contributed by atoms with van der Waals surface area (Å²) in [6.07, 6.45) is -0.0901. The van der Waals surface area contributed by atoms with Crippen LogP contribution in [0.15, 0.2) is 0 Å². The Kier molecular flexibility index (Phi) is 3.68. The fourth-order valence-electron chi connectivity index (χ4n) is 3.08. The van der Waals surface area contributed by atoms with Crippen LogP contribution in [0.2, 0.25) is 18.1 Å². The first-order chi connectivity index (χ1) is 9.22. The molecule has 0 bridgehead atoms. The van der Waals surface area contributed by atoms with Gasteiger partial charge in [0, 0.05) is 0 Å². The molecule has 2 unspecified atom stereocenters. The molecule has 2 aliphatic rings. The number of amides is 1. The van der Waals surface area contributed by atoms with Gasteiger partial charge in [0.1, 0.15) is 5.72 Å².